The average Bonchev–Trinajstić information content (AvgIpc) is 2.65. The van der Waals surface area contributed by atoms with Crippen LogP contribution in [0.3, 0.4) is 0 Å². The molecule has 2 aromatic rings. The third kappa shape index (κ3) is 8.16. The Kier molecular flexibility index (Phi) is 8.87. The highest BCUT2D eigenvalue weighted by Gasteiger charge is 2.21. The van der Waals surface area contributed by atoms with Crippen LogP contribution in [0, 0.1) is 0 Å². The summed E-state index contributed by atoms with van der Waals surface area (Å²) in [7, 11) is 0. The van der Waals surface area contributed by atoms with Crippen LogP contribution < -0.4 is 0 Å². The first kappa shape index (κ1) is 20.7. The molecule has 0 amide bonds. The summed E-state index contributed by atoms with van der Waals surface area (Å²) in [6, 6.07) is 21.2. The Labute approximate surface area is 159 Å². The van der Waals surface area contributed by atoms with Crippen LogP contribution in [0.1, 0.15) is 63.5 Å². The summed E-state index contributed by atoms with van der Waals surface area (Å²) in [6.07, 6.45) is 6.58. The van der Waals surface area contributed by atoms with Gasteiger partial charge in [-0.3, -0.25) is 4.90 Å². The molecule has 0 radical (unpaired) electrons. The topological polar surface area (TPSA) is 23.5 Å². The van der Waals surface area contributed by atoms with E-state index in [0.717, 1.165) is 38.9 Å². The molecular weight excluding hydrogens is 318 g/mol. The van der Waals surface area contributed by atoms with E-state index in [1.165, 1.54) is 30.4 Å². The standard InChI is InChI=1S/C24H35NO/c1-3-4-5-12-17-24(2,26)18-19-25(20-22-13-8-6-9-14-22)21-23-15-10-7-11-16-23/h6-11,13-16,26H,3-5,12,17-21H2,1-2H3. The van der Waals surface area contributed by atoms with Gasteiger partial charge in [0.05, 0.1) is 5.60 Å². The van der Waals surface area contributed by atoms with Gasteiger partial charge in [-0.15, -0.1) is 0 Å². The van der Waals surface area contributed by atoms with Crippen LogP contribution in [0.15, 0.2) is 60.7 Å². The summed E-state index contributed by atoms with van der Waals surface area (Å²) in [5.74, 6) is 0. The summed E-state index contributed by atoms with van der Waals surface area (Å²) >= 11 is 0. The third-order valence-electron chi connectivity index (χ3n) is 5.03. The first-order valence-electron chi connectivity index (χ1n) is 10.1. The molecule has 142 valence electrons. The summed E-state index contributed by atoms with van der Waals surface area (Å²) in [5.41, 5.74) is 2.08. The van der Waals surface area contributed by atoms with Crippen molar-refractivity contribution in [3.8, 4) is 0 Å². The molecule has 0 saturated heterocycles. The van der Waals surface area contributed by atoms with Crippen molar-refractivity contribution >= 4 is 0 Å². The van der Waals surface area contributed by atoms with Crippen molar-refractivity contribution in [2.45, 2.75) is 71.1 Å². The van der Waals surface area contributed by atoms with Crippen LogP contribution in [-0.2, 0) is 13.1 Å². The maximum absolute atomic E-state index is 10.8. The van der Waals surface area contributed by atoms with Gasteiger partial charge in [0.15, 0.2) is 0 Å². The molecule has 0 spiro atoms. The van der Waals surface area contributed by atoms with E-state index in [-0.39, 0.29) is 0 Å². The third-order valence-corrected chi connectivity index (χ3v) is 5.03. The first-order chi connectivity index (χ1) is 12.6. The van der Waals surface area contributed by atoms with Crippen LogP contribution in [-0.4, -0.2) is 22.2 Å². The molecule has 0 aliphatic heterocycles. The van der Waals surface area contributed by atoms with Crippen molar-refractivity contribution in [2.24, 2.45) is 0 Å². The lowest BCUT2D eigenvalue weighted by molar-refractivity contribution is 0.0268. The molecular formula is C24H35NO. The van der Waals surface area contributed by atoms with Crippen LogP contribution >= 0.6 is 0 Å². The molecule has 0 bridgehead atoms. The number of benzene rings is 2. The number of rotatable bonds is 12. The average molecular weight is 354 g/mol. The van der Waals surface area contributed by atoms with E-state index in [9.17, 15) is 5.11 Å². The van der Waals surface area contributed by atoms with Crippen LogP contribution in [0.4, 0.5) is 0 Å². The lowest BCUT2D eigenvalue weighted by Crippen LogP contribution is -2.32. The van der Waals surface area contributed by atoms with Crippen LogP contribution in [0.2, 0.25) is 0 Å². The number of aliphatic hydroxyl groups is 1. The van der Waals surface area contributed by atoms with E-state index in [4.69, 9.17) is 0 Å². The summed E-state index contributed by atoms with van der Waals surface area (Å²) in [4.78, 5) is 2.45. The Balaban J connectivity index is 1.92. The number of hydrogen-bond donors (Lipinski definition) is 1. The van der Waals surface area contributed by atoms with Crippen molar-refractivity contribution in [2.75, 3.05) is 6.54 Å². The molecule has 26 heavy (non-hydrogen) atoms. The molecule has 0 aromatic heterocycles. The minimum absolute atomic E-state index is 0.570. The molecule has 1 atom stereocenters. The number of unbranched alkanes of at least 4 members (excludes halogenated alkanes) is 3. The Morgan fingerprint density at radius 1 is 0.769 bits per heavy atom. The van der Waals surface area contributed by atoms with Crippen LogP contribution in [0.5, 0.6) is 0 Å². The zero-order chi connectivity index (χ0) is 18.7. The second-order valence-corrected chi connectivity index (χ2v) is 7.74. The molecule has 2 heteroatoms. The fourth-order valence-electron chi connectivity index (χ4n) is 3.35. The molecule has 0 heterocycles. The number of hydrogen-bond acceptors (Lipinski definition) is 2. The van der Waals surface area contributed by atoms with E-state index in [1.54, 1.807) is 0 Å². The van der Waals surface area contributed by atoms with Gasteiger partial charge in [-0.2, -0.15) is 0 Å². The Hall–Kier alpha value is -1.64. The highest BCUT2D eigenvalue weighted by Crippen LogP contribution is 2.21. The lowest BCUT2D eigenvalue weighted by Gasteiger charge is -2.29. The zero-order valence-corrected chi connectivity index (χ0v) is 16.5. The summed E-state index contributed by atoms with van der Waals surface area (Å²) in [5, 5.41) is 10.8. The largest absolute Gasteiger partial charge is 0.390 e. The SMILES string of the molecule is CCCCCCC(C)(O)CCN(Cc1ccccc1)Cc1ccccc1. The van der Waals surface area contributed by atoms with E-state index in [1.807, 2.05) is 6.92 Å². The lowest BCUT2D eigenvalue weighted by atomic mass is 9.94. The van der Waals surface area contributed by atoms with Gasteiger partial charge in [-0.05, 0) is 30.9 Å². The molecule has 0 saturated carbocycles. The molecule has 2 rings (SSSR count). The minimum Gasteiger partial charge on any atom is -0.390 e. The monoisotopic (exact) mass is 353 g/mol. The molecule has 1 unspecified atom stereocenters. The predicted octanol–water partition coefficient (Wildman–Crippen LogP) is 5.80. The van der Waals surface area contributed by atoms with Crippen molar-refractivity contribution in [3.05, 3.63) is 71.8 Å². The maximum Gasteiger partial charge on any atom is 0.0632 e. The Morgan fingerprint density at radius 2 is 1.31 bits per heavy atom. The first-order valence-corrected chi connectivity index (χ1v) is 10.1. The number of nitrogens with zero attached hydrogens (tertiary/aromatic N) is 1. The van der Waals surface area contributed by atoms with Crippen molar-refractivity contribution in [3.63, 3.8) is 0 Å². The summed E-state index contributed by atoms with van der Waals surface area (Å²) in [6.45, 7) is 6.97. The van der Waals surface area contributed by atoms with E-state index in [0.29, 0.717) is 0 Å². The van der Waals surface area contributed by atoms with Gasteiger partial charge in [0, 0.05) is 19.6 Å². The van der Waals surface area contributed by atoms with E-state index < -0.39 is 5.60 Å². The summed E-state index contributed by atoms with van der Waals surface area (Å²) < 4.78 is 0. The van der Waals surface area contributed by atoms with Crippen LogP contribution in [0.25, 0.3) is 0 Å². The fraction of sp³-hybridized carbons (Fsp3) is 0.500. The fourth-order valence-corrected chi connectivity index (χ4v) is 3.35. The van der Waals surface area contributed by atoms with Gasteiger partial charge in [0.2, 0.25) is 0 Å². The normalized spacial score (nSPS) is 13.7. The van der Waals surface area contributed by atoms with Crippen molar-refractivity contribution in [1.82, 2.24) is 4.90 Å². The molecule has 2 aromatic carbocycles. The van der Waals surface area contributed by atoms with E-state index in [2.05, 4.69) is 72.5 Å². The quantitative estimate of drug-likeness (QED) is 0.487. The van der Waals surface area contributed by atoms with Crippen molar-refractivity contribution in [1.29, 1.82) is 0 Å². The molecule has 1 N–H and O–H groups in total. The highest BCUT2D eigenvalue weighted by atomic mass is 16.3. The predicted molar refractivity (Wildman–Crippen MR) is 111 cm³/mol. The second-order valence-electron chi connectivity index (χ2n) is 7.74. The minimum atomic E-state index is -0.570. The highest BCUT2D eigenvalue weighted by molar-refractivity contribution is 5.17. The molecule has 0 fully saturated rings. The van der Waals surface area contributed by atoms with Gasteiger partial charge in [-0.25, -0.2) is 0 Å². The van der Waals surface area contributed by atoms with Gasteiger partial charge < -0.3 is 5.11 Å². The Bertz CT molecular complexity index is 553. The molecule has 0 aliphatic carbocycles. The zero-order valence-electron chi connectivity index (χ0n) is 16.5. The van der Waals surface area contributed by atoms with Crippen molar-refractivity contribution < 1.29 is 5.11 Å². The second kappa shape index (κ2) is 11.2. The van der Waals surface area contributed by atoms with Gasteiger partial charge in [-0.1, -0.05) is 93.3 Å². The maximum atomic E-state index is 10.8. The molecule has 2 nitrogen and oxygen atoms in total. The van der Waals surface area contributed by atoms with E-state index >= 15 is 0 Å². The smallest absolute Gasteiger partial charge is 0.0632 e. The van der Waals surface area contributed by atoms with Gasteiger partial charge >= 0.3 is 0 Å². The Morgan fingerprint density at radius 3 is 1.81 bits per heavy atom. The molecule has 0 aliphatic rings. The van der Waals surface area contributed by atoms with Gasteiger partial charge in [0.25, 0.3) is 0 Å². The van der Waals surface area contributed by atoms with Gasteiger partial charge in [0.1, 0.15) is 0 Å².